The smallest absolute Gasteiger partial charge is 0.303 e. The van der Waals surface area contributed by atoms with E-state index in [1.165, 1.54) is 11.1 Å². The third kappa shape index (κ3) is 7.12. The van der Waals surface area contributed by atoms with E-state index in [0.717, 1.165) is 70.6 Å². The minimum atomic E-state index is -0.889. The van der Waals surface area contributed by atoms with E-state index in [1.807, 2.05) is 0 Å². The van der Waals surface area contributed by atoms with Crippen LogP contribution in [0.25, 0.3) is 0 Å². The van der Waals surface area contributed by atoms with E-state index >= 15 is 0 Å². The second-order valence-electron chi connectivity index (χ2n) is 11.6. The maximum Gasteiger partial charge on any atom is 0.303 e. The first-order valence-corrected chi connectivity index (χ1v) is 14.6. The Morgan fingerprint density at radius 3 is 2.30 bits per heavy atom. The highest BCUT2D eigenvalue weighted by Crippen LogP contribution is 2.43. The standard InChI is InChI=1S/C30H44O7/c31-24-19-26(37-29-13-4-6-15-35-29)30(23(24)18-27(32)33)25(36-28-12-3-5-14-34-28)11-7-8-20-16-21-9-1-2-10-22(21)17-20/h1-2,9-10,20,23-26,28-31H,3-8,11-19H2,(H,32,33)/t23-,24-,25?,26+,28?,29?,30-/m1/s1. The molecule has 0 radical (unpaired) electrons. The number of hydrogen-bond donors (Lipinski definition) is 2. The number of carboxylic acid groups (broad SMARTS) is 1. The van der Waals surface area contributed by atoms with Gasteiger partial charge in [0.05, 0.1) is 24.7 Å². The van der Waals surface area contributed by atoms with Gasteiger partial charge in [0.25, 0.3) is 0 Å². The molecule has 5 rings (SSSR count). The quantitative estimate of drug-likeness (QED) is 0.433. The molecule has 1 aromatic carbocycles. The number of aliphatic carboxylic acids is 1. The number of rotatable bonds is 11. The molecule has 2 saturated heterocycles. The number of carboxylic acids is 1. The van der Waals surface area contributed by atoms with E-state index in [4.69, 9.17) is 18.9 Å². The molecule has 2 heterocycles. The molecular weight excluding hydrogens is 472 g/mol. The van der Waals surface area contributed by atoms with Crippen molar-refractivity contribution in [2.75, 3.05) is 13.2 Å². The molecule has 37 heavy (non-hydrogen) atoms. The number of aliphatic hydroxyl groups excluding tert-OH is 1. The van der Waals surface area contributed by atoms with Gasteiger partial charge >= 0.3 is 5.97 Å². The summed E-state index contributed by atoms with van der Waals surface area (Å²) in [7, 11) is 0. The molecule has 3 fully saturated rings. The Balaban J connectivity index is 1.29. The average Bonchev–Trinajstić information content (AvgIpc) is 3.44. The first kappa shape index (κ1) is 27.1. The first-order chi connectivity index (χ1) is 18.1. The summed E-state index contributed by atoms with van der Waals surface area (Å²) in [5, 5.41) is 20.7. The monoisotopic (exact) mass is 516 g/mol. The van der Waals surface area contributed by atoms with Crippen LogP contribution in [0.5, 0.6) is 0 Å². The van der Waals surface area contributed by atoms with Crippen LogP contribution >= 0.6 is 0 Å². The molecule has 0 aromatic heterocycles. The number of hydrogen-bond acceptors (Lipinski definition) is 6. The third-order valence-electron chi connectivity index (χ3n) is 8.90. The normalized spacial score (nSPS) is 33.3. The van der Waals surface area contributed by atoms with Crippen molar-refractivity contribution in [2.24, 2.45) is 17.8 Å². The lowest BCUT2D eigenvalue weighted by atomic mass is 9.83. The zero-order chi connectivity index (χ0) is 25.6. The third-order valence-corrected chi connectivity index (χ3v) is 8.90. The van der Waals surface area contributed by atoms with Gasteiger partial charge in [0.2, 0.25) is 0 Å². The van der Waals surface area contributed by atoms with E-state index < -0.39 is 18.0 Å². The van der Waals surface area contributed by atoms with Gasteiger partial charge in [-0.3, -0.25) is 4.79 Å². The van der Waals surface area contributed by atoms with Crippen LogP contribution in [-0.2, 0) is 36.6 Å². The molecule has 0 amide bonds. The minimum absolute atomic E-state index is 0.0828. The molecular formula is C30H44O7. The van der Waals surface area contributed by atoms with E-state index in [-0.39, 0.29) is 37.1 Å². The van der Waals surface area contributed by atoms with Gasteiger partial charge in [-0.15, -0.1) is 0 Å². The van der Waals surface area contributed by atoms with Gasteiger partial charge in [0.15, 0.2) is 12.6 Å². The molecule has 4 aliphatic rings. The summed E-state index contributed by atoms with van der Waals surface area (Å²) in [6.45, 7) is 1.38. The van der Waals surface area contributed by atoms with Crippen LogP contribution in [0.3, 0.4) is 0 Å². The Morgan fingerprint density at radius 2 is 1.68 bits per heavy atom. The largest absolute Gasteiger partial charge is 0.481 e. The van der Waals surface area contributed by atoms with E-state index in [0.29, 0.717) is 25.6 Å². The van der Waals surface area contributed by atoms with Crippen molar-refractivity contribution in [1.82, 2.24) is 0 Å². The summed E-state index contributed by atoms with van der Waals surface area (Å²) in [6.07, 6.45) is 9.61. The Labute approximate surface area is 220 Å². The van der Waals surface area contributed by atoms with Crippen molar-refractivity contribution in [3.8, 4) is 0 Å². The lowest BCUT2D eigenvalue weighted by Gasteiger charge is -2.37. The zero-order valence-electron chi connectivity index (χ0n) is 22.0. The molecule has 7 nitrogen and oxygen atoms in total. The Morgan fingerprint density at radius 1 is 1.00 bits per heavy atom. The molecule has 0 spiro atoms. The van der Waals surface area contributed by atoms with Gasteiger partial charge in [-0.1, -0.05) is 30.7 Å². The number of fused-ring (bicyclic) bond motifs is 1. The second kappa shape index (κ2) is 13.0. The van der Waals surface area contributed by atoms with Gasteiger partial charge in [0.1, 0.15) is 0 Å². The predicted octanol–water partition coefficient (Wildman–Crippen LogP) is 4.87. The fourth-order valence-electron chi connectivity index (χ4n) is 7.08. The van der Waals surface area contributed by atoms with Gasteiger partial charge in [0, 0.05) is 31.5 Å². The van der Waals surface area contributed by atoms with Crippen LogP contribution in [-0.4, -0.2) is 60.3 Å². The molecule has 2 aliphatic carbocycles. The average molecular weight is 517 g/mol. The van der Waals surface area contributed by atoms with Crippen LogP contribution in [0.15, 0.2) is 24.3 Å². The molecule has 2 N–H and O–H groups in total. The molecule has 7 heteroatoms. The summed E-state index contributed by atoms with van der Waals surface area (Å²) in [4.78, 5) is 11.8. The molecule has 7 atom stereocenters. The SMILES string of the molecule is O=C(O)C[C@H]1[C@H](C(CCCC2Cc3ccccc3C2)OC2CCCCO2)[C@@H](OC2CCCCO2)C[C@H]1O. The Bertz CT molecular complexity index is 838. The van der Waals surface area contributed by atoms with Crippen LogP contribution in [0.4, 0.5) is 0 Å². The lowest BCUT2D eigenvalue weighted by molar-refractivity contribution is -0.232. The maximum absolute atomic E-state index is 11.8. The summed E-state index contributed by atoms with van der Waals surface area (Å²) in [5.41, 5.74) is 2.94. The highest BCUT2D eigenvalue weighted by molar-refractivity contribution is 5.67. The van der Waals surface area contributed by atoms with Gasteiger partial charge in [-0.05, 0) is 81.3 Å². The number of ether oxygens (including phenoxy) is 4. The molecule has 0 bridgehead atoms. The summed E-state index contributed by atoms with van der Waals surface area (Å²) >= 11 is 0. The highest BCUT2D eigenvalue weighted by atomic mass is 16.7. The van der Waals surface area contributed by atoms with Crippen LogP contribution in [0.2, 0.25) is 0 Å². The van der Waals surface area contributed by atoms with Crippen molar-refractivity contribution >= 4 is 5.97 Å². The van der Waals surface area contributed by atoms with E-state index in [1.54, 1.807) is 0 Å². The number of aliphatic hydroxyl groups is 1. The van der Waals surface area contributed by atoms with Crippen molar-refractivity contribution in [3.63, 3.8) is 0 Å². The number of carbonyl (C=O) groups is 1. The van der Waals surface area contributed by atoms with Crippen molar-refractivity contribution in [1.29, 1.82) is 0 Å². The zero-order valence-corrected chi connectivity index (χ0v) is 22.0. The second-order valence-corrected chi connectivity index (χ2v) is 11.6. The molecule has 2 aliphatic heterocycles. The van der Waals surface area contributed by atoms with Crippen molar-refractivity contribution in [3.05, 3.63) is 35.4 Å². The fourth-order valence-corrected chi connectivity index (χ4v) is 7.08. The molecule has 1 aromatic rings. The van der Waals surface area contributed by atoms with E-state index in [2.05, 4.69) is 24.3 Å². The van der Waals surface area contributed by atoms with Crippen molar-refractivity contribution < 1.29 is 34.0 Å². The van der Waals surface area contributed by atoms with Crippen LogP contribution in [0, 0.1) is 17.8 Å². The minimum Gasteiger partial charge on any atom is -0.481 e. The van der Waals surface area contributed by atoms with E-state index in [9.17, 15) is 15.0 Å². The molecule has 206 valence electrons. The Hall–Kier alpha value is -1.51. The van der Waals surface area contributed by atoms with Gasteiger partial charge in [-0.25, -0.2) is 0 Å². The number of benzene rings is 1. The molecule has 3 unspecified atom stereocenters. The highest BCUT2D eigenvalue weighted by Gasteiger charge is 2.49. The molecule has 1 saturated carbocycles. The summed E-state index contributed by atoms with van der Waals surface area (Å²) < 4.78 is 24.9. The van der Waals surface area contributed by atoms with Gasteiger partial charge < -0.3 is 29.2 Å². The first-order valence-electron chi connectivity index (χ1n) is 14.6. The summed E-state index contributed by atoms with van der Waals surface area (Å²) in [5.74, 6) is -0.867. The summed E-state index contributed by atoms with van der Waals surface area (Å²) in [6, 6.07) is 8.74. The predicted molar refractivity (Wildman–Crippen MR) is 138 cm³/mol. The lowest BCUT2D eigenvalue weighted by Crippen LogP contribution is -2.42. The fraction of sp³-hybridized carbons (Fsp3) is 0.767. The Kier molecular flexibility index (Phi) is 9.53. The van der Waals surface area contributed by atoms with Crippen molar-refractivity contribution in [2.45, 2.75) is 114 Å². The van der Waals surface area contributed by atoms with Crippen LogP contribution in [0.1, 0.15) is 81.8 Å². The maximum atomic E-state index is 11.8. The van der Waals surface area contributed by atoms with Gasteiger partial charge in [-0.2, -0.15) is 0 Å². The topological polar surface area (TPSA) is 94.5 Å². The van der Waals surface area contributed by atoms with Crippen LogP contribution < -0.4 is 0 Å².